The maximum atomic E-state index is 7.44. The molecule has 0 atom stereocenters. The lowest BCUT2D eigenvalue weighted by Gasteiger charge is -2.19. The molecule has 4 heteroatoms. The SMILES string of the molecule is N=N/C1=C(\N)c2ccccc2NCc2ccccc21. The maximum Gasteiger partial charge on any atom is 0.116 e. The van der Waals surface area contributed by atoms with Crippen molar-refractivity contribution in [2.45, 2.75) is 6.54 Å². The molecule has 2 aromatic carbocycles. The Morgan fingerprint density at radius 1 is 1.00 bits per heavy atom. The average Bonchev–Trinajstić information content (AvgIpc) is 2.46. The van der Waals surface area contributed by atoms with Gasteiger partial charge in [0.25, 0.3) is 0 Å². The van der Waals surface area contributed by atoms with Crippen LogP contribution in [0, 0.1) is 5.53 Å². The number of rotatable bonds is 1. The zero-order valence-electron chi connectivity index (χ0n) is 10.4. The van der Waals surface area contributed by atoms with Gasteiger partial charge in [0.15, 0.2) is 0 Å². The summed E-state index contributed by atoms with van der Waals surface area (Å²) < 4.78 is 0. The van der Waals surface area contributed by atoms with Crippen LogP contribution in [0.1, 0.15) is 16.7 Å². The summed E-state index contributed by atoms with van der Waals surface area (Å²) in [6.07, 6.45) is 0. The molecule has 0 saturated heterocycles. The molecule has 0 aromatic heterocycles. The molecule has 0 radical (unpaired) electrons. The van der Waals surface area contributed by atoms with Gasteiger partial charge < -0.3 is 11.1 Å². The van der Waals surface area contributed by atoms with E-state index in [1.165, 1.54) is 0 Å². The molecule has 1 aliphatic rings. The molecular weight excluding hydrogens is 236 g/mol. The highest BCUT2D eigenvalue weighted by molar-refractivity contribution is 5.93. The maximum absolute atomic E-state index is 7.44. The smallest absolute Gasteiger partial charge is 0.116 e. The van der Waals surface area contributed by atoms with Gasteiger partial charge in [-0.1, -0.05) is 42.5 Å². The van der Waals surface area contributed by atoms with Gasteiger partial charge in [0.2, 0.25) is 0 Å². The highest BCUT2D eigenvalue weighted by atomic mass is 15.0. The van der Waals surface area contributed by atoms with E-state index in [9.17, 15) is 0 Å². The van der Waals surface area contributed by atoms with E-state index in [0.29, 0.717) is 17.9 Å². The molecule has 94 valence electrons. The highest BCUT2D eigenvalue weighted by Crippen LogP contribution is 2.32. The third-order valence-corrected chi connectivity index (χ3v) is 3.33. The summed E-state index contributed by atoms with van der Waals surface area (Å²) in [5.41, 5.74) is 18.6. The van der Waals surface area contributed by atoms with E-state index < -0.39 is 0 Å². The third-order valence-electron chi connectivity index (χ3n) is 3.33. The van der Waals surface area contributed by atoms with Crippen molar-refractivity contribution in [1.29, 1.82) is 5.53 Å². The molecule has 2 aromatic rings. The standard InChI is InChI=1S/C15H14N4/c16-14-12-7-3-4-8-13(12)18-9-10-5-1-2-6-11(10)15(14)19-17/h1-8,17-18H,9,16H2/b15-14-,19-17?. The first-order valence-corrected chi connectivity index (χ1v) is 6.10. The van der Waals surface area contributed by atoms with Gasteiger partial charge in [0.05, 0.1) is 5.70 Å². The van der Waals surface area contributed by atoms with Crippen molar-refractivity contribution in [3.8, 4) is 0 Å². The van der Waals surface area contributed by atoms with Crippen molar-refractivity contribution < 1.29 is 0 Å². The van der Waals surface area contributed by atoms with Crippen LogP contribution in [0.25, 0.3) is 11.4 Å². The second-order valence-corrected chi connectivity index (χ2v) is 4.43. The van der Waals surface area contributed by atoms with Crippen LogP contribution in [0.5, 0.6) is 0 Å². The molecule has 3 rings (SSSR count). The van der Waals surface area contributed by atoms with E-state index in [4.69, 9.17) is 11.3 Å². The molecule has 19 heavy (non-hydrogen) atoms. The predicted molar refractivity (Wildman–Crippen MR) is 76.4 cm³/mol. The summed E-state index contributed by atoms with van der Waals surface area (Å²) in [5, 5.41) is 7.03. The Bertz CT molecular complexity index is 673. The van der Waals surface area contributed by atoms with E-state index in [-0.39, 0.29) is 0 Å². The van der Waals surface area contributed by atoms with Crippen LogP contribution in [-0.4, -0.2) is 0 Å². The molecular formula is C15H14N4. The molecule has 0 amide bonds. The van der Waals surface area contributed by atoms with Gasteiger partial charge in [0, 0.05) is 23.4 Å². The molecule has 0 bridgehead atoms. The van der Waals surface area contributed by atoms with Crippen LogP contribution in [0.2, 0.25) is 0 Å². The van der Waals surface area contributed by atoms with Gasteiger partial charge in [-0.3, -0.25) is 0 Å². The fraction of sp³-hybridized carbons (Fsp3) is 0.0667. The summed E-state index contributed by atoms with van der Waals surface area (Å²) in [6, 6.07) is 15.7. The van der Waals surface area contributed by atoms with Crippen molar-refractivity contribution in [3.05, 3.63) is 65.2 Å². The molecule has 4 N–H and O–H groups in total. The molecule has 1 heterocycles. The lowest BCUT2D eigenvalue weighted by molar-refractivity contribution is 1.09. The van der Waals surface area contributed by atoms with Crippen LogP contribution < -0.4 is 11.1 Å². The van der Waals surface area contributed by atoms with E-state index >= 15 is 0 Å². The van der Waals surface area contributed by atoms with Crippen molar-refractivity contribution in [2.75, 3.05) is 5.32 Å². The van der Waals surface area contributed by atoms with Gasteiger partial charge in [-0.15, -0.1) is 0 Å². The van der Waals surface area contributed by atoms with Gasteiger partial charge in [-0.2, -0.15) is 5.11 Å². The van der Waals surface area contributed by atoms with Crippen LogP contribution >= 0.6 is 0 Å². The number of nitrogens with zero attached hydrogens (tertiary/aromatic N) is 1. The number of para-hydroxylation sites is 1. The summed E-state index contributed by atoms with van der Waals surface area (Å²) in [7, 11) is 0. The van der Waals surface area contributed by atoms with Crippen LogP contribution in [-0.2, 0) is 6.54 Å². The van der Waals surface area contributed by atoms with Gasteiger partial charge in [0.1, 0.15) is 5.70 Å². The largest absolute Gasteiger partial charge is 0.396 e. The second kappa shape index (κ2) is 4.57. The number of anilines is 1. The van der Waals surface area contributed by atoms with E-state index in [0.717, 1.165) is 22.4 Å². The van der Waals surface area contributed by atoms with Crippen molar-refractivity contribution in [2.24, 2.45) is 10.8 Å². The quantitative estimate of drug-likeness (QED) is 0.678. The number of nitrogens with one attached hydrogen (secondary N) is 2. The zero-order valence-corrected chi connectivity index (χ0v) is 10.4. The predicted octanol–water partition coefficient (Wildman–Crippen LogP) is 3.43. The Morgan fingerprint density at radius 3 is 2.47 bits per heavy atom. The first-order valence-electron chi connectivity index (χ1n) is 6.10. The summed E-state index contributed by atoms with van der Waals surface area (Å²) in [4.78, 5) is 0. The lowest BCUT2D eigenvalue weighted by Crippen LogP contribution is -2.11. The van der Waals surface area contributed by atoms with Gasteiger partial charge >= 0.3 is 0 Å². The Balaban J connectivity index is 2.31. The number of hydrogen-bond donors (Lipinski definition) is 3. The van der Waals surface area contributed by atoms with Gasteiger partial charge in [-0.25, -0.2) is 5.53 Å². The van der Waals surface area contributed by atoms with Crippen molar-refractivity contribution >= 4 is 17.1 Å². The summed E-state index contributed by atoms with van der Waals surface area (Å²) in [6.45, 7) is 0.694. The van der Waals surface area contributed by atoms with Gasteiger partial charge in [-0.05, 0) is 11.6 Å². The van der Waals surface area contributed by atoms with Crippen LogP contribution in [0.3, 0.4) is 0 Å². The van der Waals surface area contributed by atoms with Crippen molar-refractivity contribution in [1.82, 2.24) is 0 Å². The van der Waals surface area contributed by atoms with E-state index in [2.05, 4.69) is 10.4 Å². The number of hydrogen-bond acceptors (Lipinski definition) is 4. The zero-order chi connectivity index (χ0) is 13.2. The second-order valence-electron chi connectivity index (χ2n) is 4.43. The molecule has 0 fully saturated rings. The first kappa shape index (κ1) is 11.5. The minimum atomic E-state index is 0.532. The number of nitrogens with two attached hydrogens (primary N) is 1. The summed E-state index contributed by atoms with van der Waals surface area (Å²) >= 11 is 0. The Hall–Kier alpha value is -2.62. The average molecular weight is 250 g/mol. The lowest BCUT2D eigenvalue weighted by atomic mass is 9.98. The molecule has 4 nitrogen and oxygen atoms in total. The Labute approximate surface area is 111 Å². The molecule has 0 saturated carbocycles. The highest BCUT2D eigenvalue weighted by Gasteiger charge is 2.17. The number of benzene rings is 2. The van der Waals surface area contributed by atoms with Crippen LogP contribution in [0.15, 0.2) is 53.6 Å². The molecule has 0 aliphatic carbocycles. The fourth-order valence-corrected chi connectivity index (χ4v) is 2.36. The first-order chi connectivity index (χ1) is 9.31. The third kappa shape index (κ3) is 1.87. The minimum Gasteiger partial charge on any atom is -0.396 e. The summed E-state index contributed by atoms with van der Waals surface area (Å²) in [5.74, 6) is 0. The van der Waals surface area contributed by atoms with E-state index in [1.807, 2.05) is 48.5 Å². The minimum absolute atomic E-state index is 0.532. The monoisotopic (exact) mass is 250 g/mol. The Kier molecular flexibility index (Phi) is 2.76. The topological polar surface area (TPSA) is 74.3 Å². The van der Waals surface area contributed by atoms with E-state index in [1.54, 1.807) is 0 Å². The molecule has 1 aliphatic heterocycles. The fourth-order valence-electron chi connectivity index (χ4n) is 2.36. The molecule has 0 unspecified atom stereocenters. The van der Waals surface area contributed by atoms with Crippen LogP contribution in [0.4, 0.5) is 5.69 Å². The number of fused-ring (bicyclic) bond motifs is 2. The Morgan fingerprint density at radius 2 is 1.68 bits per heavy atom. The molecule has 0 spiro atoms. The normalized spacial score (nSPS) is 17.5. The van der Waals surface area contributed by atoms with Crippen molar-refractivity contribution in [3.63, 3.8) is 0 Å².